The van der Waals surface area contributed by atoms with E-state index in [2.05, 4.69) is 16.5 Å². The summed E-state index contributed by atoms with van der Waals surface area (Å²) in [5.74, 6) is 1.08. The molecular formula is C10H17N3. The van der Waals surface area contributed by atoms with Gasteiger partial charge in [-0.05, 0) is 25.7 Å². The first kappa shape index (κ1) is 8.75. The zero-order chi connectivity index (χ0) is 9.26. The van der Waals surface area contributed by atoms with Gasteiger partial charge in [0.25, 0.3) is 0 Å². The maximum atomic E-state index is 5.66. The molecule has 0 amide bonds. The Morgan fingerprint density at radius 3 is 3.00 bits per heavy atom. The Kier molecular flexibility index (Phi) is 2.36. The van der Waals surface area contributed by atoms with Crippen LogP contribution < -0.4 is 5.73 Å². The van der Waals surface area contributed by atoms with Gasteiger partial charge < -0.3 is 10.3 Å². The van der Waals surface area contributed by atoms with Crippen LogP contribution in [0, 0.1) is 0 Å². The van der Waals surface area contributed by atoms with E-state index < -0.39 is 0 Å². The van der Waals surface area contributed by atoms with Crippen LogP contribution in [0.1, 0.15) is 37.0 Å². The smallest absolute Gasteiger partial charge is 0.122 e. The summed E-state index contributed by atoms with van der Waals surface area (Å²) in [7, 11) is 0. The molecule has 2 heterocycles. The molecule has 2 N–H and O–H groups in total. The van der Waals surface area contributed by atoms with E-state index in [1.165, 1.54) is 30.7 Å². The van der Waals surface area contributed by atoms with Gasteiger partial charge in [-0.25, -0.2) is 4.98 Å². The van der Waals surface area contributed by atoms with Crippen molar-refractivity contribution in [2.45, 2.75) is 45.7 Å². The first-order valence-corrected chi connectivity index (χ1v) is 5.14. The maximum Gasteiger partial charge on any atom is 0.122 e. The Labute approximate surface area is 79.0 Å². The van der Waals surface area contributed by atoms with Crippen molar-refractivity contribution in [2.24, 2.45) is 5.73 Å². The SMILES string of the molecule is CCc1nc(CN)n2c1CCCC2. The van der Waals surface area contributed by atoms with E-state index in [0.717, 1.165) is 18.8 Å². The van der Waals surface area contributed by atoms with Gasteiger partial charge in [-0.15, -0.1) is 0 Å². The molecule has 1 aliphatic heterocycles. The quantitative estimate of drug-likeness (QED) is 0.742. The molecule has 0 unspecified atom stereocenters. The molecule has 13 heavy (non-hydrogen) atoms. The third-order valence-electron chi connectivity index (χ3n) is 2.80. The number of rotatable bonds is 2. The minimum atomic E-state index is 0.576. The van der Waals surface area contributed by atoms with E-state index in [4.69, 9.17) is 5.73 Å². The summed E-state index contributed by atoms with van der Waals surface area (Å²) >= 11 is 0. The van der Waals surface area contributed by atoms with Gasteiger partial charge in [0.1, 0.15) is 5.82 Å². The van der Waals surface area contributed by atoms with E-state index in [1.807, 2.05) is 0 Å². The molecule has 0 radical (unpaired) electrons. The number of aryl methyl sites for hydroxylation is 1. The number of fused-ring (bicyclic) bond motifs is 1. The van der Waals surface area contributed by atoms with E-state index in [0.29, 0.717) is 6.54 Å². The van der Waals surface area contributed by atoms with Crippen molar-refractivity contribution in [3.8, 4) is 0 Å². The number of aromatic nitrogens is 2. The number of nitrogens with zero attached hydrogens (tertiary/aromatic N) is 2. The van der Waals surface area contributed by atoms with Crippen molar-refractivity contribution in [3.05, 3.63) is 17.2 Å². The maximum absolute atomic E-state index is 5.66. The van der Waals surface area contributed by atoms with Crippen molar-refractivity contribution in [1.29, 1.82) is 0 Å². The van der Waals surface area contributed by atoms with Gasteiger partial charge in [0.05, 0.1) is 12.2 Å². The highest BCUT2D eigenvalue weighted by molar-refractivity contribution is 5.19. The molecule has 1 aromatic heterocycles. The van der Waals surface area contributed by atoms with Crippen LogP contribution >= 0.6 is 0 Å². The third kappa shape index (κ3) is 1.37. The first-order valence-electron chi connectivity index (χ1n) is 5.14. The van der Waals surface area contributed by atoms with Crippen LogP contribution in [0.2, 0.25) is 0 Å². The topological polar surface area (TPSA) is 43.8 Å². The van der Waals surface area contributed by atoms with E-state index in [-0.39, 0.29) is 0 Å². The van der Waals surface area contributed by atoms with Gasteiger partial charge in [0.15, 0.2) is 0 Å². The lowest BCUT2D eigenvalue weighted by Gasteiger charge is -2.16. The van der Waals surface area contributed by atoms with Crippen molar-refractivity contribution in [3.63, 3.8) is 0 Å². The molecule has 0 spiro atoms. The molecule has 0 saturated carbocycles. The standard InChI is InChI=1S/C10H17N3/c1-2-8-9-5-3-4-6-13(9)10(7-11)12-8/h2-7,11H2,1H3. The number of imidazole rings is 1. The summed E-state index contributed by atoms with van der Waals surface area (Å²) in [5, 5.41) is 0. The lowest BCUT2D eigenvalue weighted by Crippen LogP contribution is -2.15. The summed E-state index contributed by atoms with van der Waals surface area (Å²) in [6, 6.07) is 0. The van der Waals surface area contributed by atoms with Crippen LogP contribution in [0.25, 0.3) is 0 Å². The molecule has 1 aliphatic rings. The van der Waals surface area contributed by atoms with Gasteiger partial charge in [-0.1, -0.05) is 6.92 Å². The lowest BCUT2D eigenvalue weighted by molar-refractivity contribution is 0.513. The Balaban J connectivity index is 2.44. The number of hydrogen-bond acceptors (Lipinski definition) is 2. The molecule has 3 heteroatoms. The molecule has 1 aromatic rings. The van der Waals surface area contributed by atoms with Crippen molar-refractivity contribution in [1.82, 2.24) is 9.55 Å². The summed E-state index contributed by atoms with van der Waals surface area (Å²) in [6.07, 6.45) is 4.81. The van der Waals surface area contributed by atoms with E-state index in [1.54, 1.807) is 0 Å². The first-order chi connectivity index (χ1) is 6.36. The monoisotopic (exact) mass is 179 g/mol. The molecule has 0 saturated heterocycles. The second-order valence-electron chi connectivity index (χ2n) is 3.59. The number of nitrogens with two attached hydrogens (primary N) is 1. The summed E-state index contributed by atoms with van der Waals surface area (Å²) in [4.78, 5) is 4.57. The Bertz CT molecular complexity index is 273. The third-order valence-corrected chi connectivity index (χ3v) is 2.80. The van der Waals surface area contributed by atoms with Crippen molar-refractivity contribution in [2.75, 3.05) is 0 Å². The fraction of sp³-hybridized carbons (Fsp3) is 0.700. The summed E-state index contributed by atoms with van der Waals surface area (Å²) in [6.45, 7) is 3.86. The average Bonchev–Trinajstić information content (AvgIpc) is 2.56. The zero-order valence-corrected chi connectivity index (χ0v) is 8.21. The molecule has 0 bridgehead atoms. The van der Waals surface area contributed by atoms with Gasteiger partial charge in [-0.3, -0.25) is 0 Å². The highest BCUT2D eigenvalue weighted by Crippen LogP contribution is 2.20. The summed E-state index contributed by atoms with van der Waals surface area (Å²) in [5.41, 5.74) is 8.36. The Morgan fingerprint density at radius 1 is 1.46 bits per heavy atom. The molecule has 0 fully saturated rings. The molecule has 0 atom stereocenters. The van der Waals surface area contributed by atoms with Gasteiger partial charge in [0, 0.05) is 12.2 Å². The normalized spacial score (nSPS) is 15.8. The van der Waals surface area contributed by atoms with Gasteiger partial charge in [-0.2, -0.15) is 0 Å². The molecule has 0 aromatic carbocycles. The predicted octanol–water partition coefficient (Wildman–Crippen LogP) is 1.24. The molecular weight excluding hydrogens is 162 g/mol. The van der Waals surface area contributed by atoms with Crippen molar-refractivity contribution >= 4 is 0 Å². The largest absolute Gasteiger partial charge is 0.331 e. The van der Waals surface area contributed by atoms with Crippen LogP contribution in [-0.4, -0.2) is 9.55 Å². The Morgan fingerprint density at radius 2 is 2.31 bits per heavy atom. The van der Waals surface area contributed by atoms with Crippen LogP contribution in [-0.2, 0) is 25.9 Å². The lowest BCUT2D eigenvalue weighted by atomic mass is 10.1. The minimum absolute atomic E-state index is 0.576. The fourth-order valence-electron chi connectivity index (χ4n) is 2.14. The highest BCUT2D eigenvalue weighted by Gasteiger charge is 2.17. The van der Waals surface area contributed by atoms with Gasteiger partial charge >= 0.3 is 0 Å². The summed E-state index contributed by atoms with van der Waals surface area (Å²) < 4.78 is 2.32. The molecule has 72 valence electrons. The minimum Gasteiger partial charge on any atom is -0.331 e. The van der Waals surface area contributed by atoms with E-state index >= 15 is 0 Å². The van der Waals surface area contributed by atoms with E-state index in [9.17, 15) is 0 Å². The van der Waals surface area contributed by atoms with Crippen LogP contribution in [0.15, 0.2) is 0 Å². The second-order valence-corrected chi connectivity index (χ2v) is 3.59. The van der Waals surface area contributed by atoms with Crippen molar-refractivity contribution < 1.29 is 0 Å². The van der Waals surface area contributed by atoms with Crippen LogP contribution in [0.5, 0.6) is 0 Å². The number of hydrogen-bond donors (Lipinski definition) is 1. The van der Waals surface area contributed by atoms with Crippen LogP contribution in [0.4, 0.5) is 0 Å². The Hall–Kier alpha value is -0.830. The van der Waals surface area contributed by atoms with Crippen LogP contribution in [0.3, 0.4) is 0 Å². The highest BCUT2D eigenvalue weighted by atomic mass is 15.1. The van der Waals surface area contributed by atoms with Gasteiger partial charge in [0.2, 0.25) is 0 Å². The zero-order valence-electron chi connectivity index (χ0n) is 8.21. The molecule has 3 nitrogen and oxygen atoms in total. The molecule has 0 aliphatic carbocycles. The molecule has 2 rings (SSSR count). The predicted molar refractivity (Wildman–Crippen MR) is 52.4 cm³/mol. The average molecular weight is 179 g/mol. The second kappa shape index (κ2) is 3.50. The fourth-order valence-corrected chi connectivity index (χ4v) is 2.14.